The Kier molecular flexibility index (Phi) is 7.24. The van der Waals surface area contributed by atoms with Crippen molar-refractivity contribution in [1.82, 2.24) is 0 Å². The predicted octanol–water partition coefficient (Wildman–Crippen LogP) is 3.10. The number of sulfonamides is 1. The third kappa shape index (κ3) is 6.16. The number of anilines is 1. The molecule has 9 heteroatoms. The first kappa shape index (κ1) is 23.0. The van der Waals surface area contributed by atoms with Crippen LogP contribution in [0.25, 0.3) is 0 Å². The van der Waals surface area contributed by atoms with Crippen LogP contribution in [-0.2, 0) is 26.2 Å². The van der Waals surface area contributed by atoms with Crippen LogP contribution in [0.4, 0.5) is 5.69 Å². The number of para-hydroxylation sites is 1. The minimum atomic E-state index is -3.83. The summed E-state index contributed by atoms with van der Waals surface area (Å²) in [5, 5.41) is 7.61. The van der Waals surface area contributed by atoms with Crippen molar-refractivity contribution in [2.24, 2.45) is 5.14 Å². The molecule has 32 heavy (non-hydrogen) atoms. The summed E-state index contributed by atoms with van der Waals surface area (Å²) in [7, 11) is -3.83. The van der Waals surface area contributed by atoms with E-state index in [0.29, 0.717) is 11.4 Å². The number of benzene rings is 3. The number of nitrogens with two attached hydrogens (primary N) is 1. The first-order valence-electron chi connectivity index (χ1n) is 9.64. The first-order chi connectivity index (χ1) is 15.2. The van der Waals surface area contributed by atoms with E-state index in [0.717, 1.165) is 5.56 Å². The summed E-state index contributed by atoms with van der Waals surface area (Å²) in [5.41, 5.74) is 1.47. The second-order valence-corrected chi connectivity index (χ2v) is 8.44. The van der Waals surface area contributed by atoms with E-state index in [2.05, 4.69) is 5.32 Å². The maximum atomic E-state index is 12.6. The average molecular weight is 455 g/mol. The number of esters is 1. The van der Waals surface area contributed by atoms with Gasteiger partial charge in [0.05, 0.1) is 4.90 Å². The summed E-state index contributed by atoms with van der Waals surface area (Å²) in [5.74, 6) is -0.946. The van der Waals surface area contributed by atoms with Crippen molar-refractivity contribution < 1.29 is 27.5 Å². The van der Waals surface area contributed by atoms with Gasteiger partial charge in [-0.3, -0.25) is 4.79 Å². The fourth-order valence-electron chi connectivity index (χ4n) is 2.75. The predicted molar refractivity (Wildman–Crippen MR) is 119 cm³/mol. The van der Waals surface area contributed by atoms with Gasteiger partial charge in [-0.25, -0.2) is 18.4 Å². The second-order valence-electron chi connectivity index (χ2n) is 6.88. The highest BCUT2D eigenvalue weighted by Crippen LogP contribution is 2.21. The molecule has 166 valence electrons. The number of primary sulfonamides is 1. The Balaban J connectivity index is 1.62. The molecular formula is C23H22N2O6S. The van der Waals surface area contributed by atoms with Crippen LogP contribution >= 0.6 is 0 Å². The van der Waals surface area contributed by atoms with Crippen molar-refractivity contribution in [2.45, 2.75) is 24.5 Å². The molecule has 0 aliphatic heterocycles. The molecule has 1 amide bonds. The second kappa shape index (κ2) is 10.1. The fourth-order valence-corrected chi connectivity index (χ4v) is 3.26. The van der Waals surface area contributed by atoms with Gasteiger partial charge in [0.15, 0.2) is 6.10 Å². The van der Waals surface area contributed by atoms with Gasteiger partial charge in [0.25, 0.3) is 5.91 Å². The number of amides is 1. The maximum absolute atomic E-state index is 12.6. The van der Waals surface area contributed by atoms with Crippen LogP contribution in [0.1, 0.15) is 22.8 Å². The van der Waals surface area contributed by atoms with Gasteiger partial charge in [-0.2, -0.15) is 0 Å². The summed E-state index contributed by atoms with van der Waals surface area (Å²) >= 11 is 0. The van der Waals surface area contributed by atoms with Crippen LogP contribution in [0, 0.1) is 0 Å². The van der Waals surface area contributed by atoms with Crippen LogP contribution in [-0.4, -0.2) is 26.4 Å². The lowest BCUT2D eigenvalue weighted by atomic mass is 10.2. The molecule has 0 saturated carbocycles. The molecule has 0 bridgehead atoms. The van der Waals surface area contributed by atoms with Gasteiger partial charge in [0.1, 0.15) is 17.9 Å². The highest BCUT2D eigenvalue weighted by atomic mass is 32.2. The van der Waals surface area contributed by atoms with E-state index < -0.39 is 28.0 Å². The van der Waals surface area contributed by atoms with E-state index >= 15 is 0 Å². The molecule has 0 aliphatic rings. The lowest BCUT2D eigenvalue weighted by molar-refractivity contribution is -0.123. The largest absolute Gasteiger partial charge is 0.488 e. The van der Waals surface area contributed by atoms with Crippen LogP contribution in [0.15, 0.2) is 83.8 Å². The third-order valence-corrected chi connectivity index (χ3v) is 5.38. The van der Waals surface area contributed by atoms with Crippen molar-refractivity contribution in [1.29, 1.82) is 0 Å². The number of nitrogens with one attached hydrogen (secondary N) is 1. The zero-order valence-electron chi connectivity index (χ0n) is 17.2. The van der Waals surface area contributed by atoms with Gasteiger partial charge in [-0.05, 0) is 48.9 Å². The van der Waals surface area contributed by atoms with Crippen LogP contribution in [0.3, 0.4) is 0 Å². The van der Waals surface area contributed by atoms with E-state index in [4.69, 9.17) is 14.6 Å². The molecule has 0 aromatic heterocycles. The standard InChI is InChI=1S/C23H22N2O6S/c1-16(22(26)25-18-11-13-19(14-12-18)32(24,28)29)31-23(27)20-9-5-6-10-21(20)30-15-17-7-3-2-4-8-17/h2-14,16H,15H2,1H3,(H,25,26)(H2,24,28,29)/t16-/m1/s1. The molecule has 8 nitrogen and oxygen atoms in total. The average Bonchev–Trinajstić information content (AvgIpc) is 2.78. The molecule has 0 spiro atoms. The van der Waals surface area contributed by atoms with Crippen molar-refractivity contribution in [2.75, 3.05) is 5.32 Å². The number of rotatable bonds is 8. The topological polar surface area (TPSA) is 125 Å². The van der Waals surface area contributed by atoms with Gasteiger partial charge in [0, 0.05) is 5.69 Å². The molecule has 3 aromatic rings. The van der Waals surface area contributed by atoms with Gasteiger partial charge < -0.3 is 14.8 Å². The van der Waals surface area contributed by atoms with E-state index in [1.165, 1.54) is 31.2 Å². The Hall–Kier alpha value is -3.69. The summed E-state index contributed by atoms with van der Waals surface area (Å²) in [6, 6.07) is 21.4. The smallest absolute Gasteiger partial charge is 0.342 e. The minimum Gasteiger partial charge on any atom is -0.488 e. The van der Waals surface area contributed by atoms with Crippen LogP contribution < -0.4 is 15.2 Å². The van der Waals surface area contributed by atoms with Crippen LogP contribution in [0.2, 0.25) is 0 Å². The normalized spacial score (nSPS) is 11.9. The Morgan fingerprint density at radius 1 is 0.938 bits per heavy atom. The molecule has 0 heterocycles. The van der Waals surface area contributed by atoms with Crippen molar-refractivity contribution >= 4 is 27.6 Å². The maximum Gasteiger partial charge on any atom is 0.342 e. The van der Waals surface area contributed by atoms with Crippen molar-refractivity contribution in [3.8, 4) is 5.75 Å². The van der Waals surface area contributed by atoms with Crippen molar-refractivity contribution in [3.05, 3.63) is 90.0 Å². The van der Waals surface area contributed by atoms with E-state index in [1.54, 1.807) is 24.3 Å². The zero-order chi connectivity index (χ0) is 23.1. The SMILES string of the molecule is C[C@@H](OC(=O)c1ccccc1OCc1ccccc1)C(=O)Nc1ccc(S(N)(=O)=O)cc1. The Labute approximate surface area is 186 Å². The molecule has 0 saturated heterocycles. The molecule has 0 radical (unpaired) electrons. The number of carbonyl (C=O) groups excluding carboxylic acids is 2. The minimum absolute atomic E-state index is 0.0814. The third-order valence-electron chi connectivity index (χ3n) is 4.45. The summed E-state index contributed by atoms with van der Waals surface area (Å²) in [6.45, 7) is 1.70. The van der Waals surface area contributed by atoms with Gasteiger partial charge in [0.2, 0.25) is 10.0 Å². The molecular weight excluding hydrogens is 432 g/mol. The molecule has 3 N–H and O–H groups in total. The first-order valence-corrected chi connectivity index (χ1v) is 11.2. The number of hydrogen-bond acceptors (Lipinski definition) is 6. The number of carbonyl (C=O) groups is 2. The van der Waals surface area contributed by atoms with E-state index in [-0.39, 0.29) is 17.1 Å². The summed E-state index contributed by atoms with van der Waals surface area (Å²) in [4.78, 5) is 24.9. The van der Waals surface area contributed by atoms with E-state index in [1.807, 2.05) is 30.3 Å². The Bertz CT molecular complexity index is 1190. The molecule has 0 unspecified atom stereocenters. The zero-order valence-corrected chi connectivity index (χ0v) is 18.0. The molecule has 0 fully saturated rings. The van der Waals surface area contributed by atoms with Gasteiger partial charge in [-0.15, -0.1) is 0 Å². The number of hydrogen-bond donors (Lipinski definition) is 2. The highest BCUT2D eigenvalue weighted by molar-refractivity contribution is 7.89. The summed E-state index contributed by atoms with van der Waals surface area (Å²) < 4.78 is 33.7. The molecule has 3 rings (SSSR count). The number of ether oxygens (including phenoxy) is 2. The Morgan fingerprint density at radius 3 is 2.22 bits per heavy atom. The van der Waals surface area contributed by atoms with Gasteiger partial charge in [-0.1, -0.05) is 42.5 Å². The highest BCUT2D eigenvalue weighted by Gasteiger charge is 2.21. The lowest BCUT2D eigenvalue weighted by Gasteiger charge is -2.15. The van der Waals surface area contributed by atoms with Crippen LogP contribution in [0.5, 0.6) is 5.75 Å². The van der Waals surface area contributed by atoms with Gasteiger partial charge >= 0.3 is 5.97 Å². The monoisotopic (exact) mass is 454 g/mol. The van der Waals surface area contributed by atoms with E-state index in [9.17, 15) is 18.0 Å². The quantitative estimate of drug-likeness (QED) is 0.504. The summed E-state index contributed by atoms with van der Waals surface area (Å²) in [6.07, 6.45) is -1.11. The van der Waals surface area contributed by atoms with Crippen molar-refractivity contribution in [3.63, 3.8) is 0 Å². The fraction of sp³-hybridized carbons (Fsp3) is 0.130. The Morgan fingerprint density at radius 2 is 1.56 bits per heavy atom. The lowest BCUT2D eigenvalue weighted by Crippen LogP contribution is -2.30. The molecule has 3 aromatic carbocycles. The molecule has 0 aliphatic carbocycles. The molecule has 1 atom stereocenters.